The molecule has 0 aliphatic rings. The fourth-order valence-corrected chi connectivity index (χ4v) is 2.83. The van der Waals surface area contributed by atoms with Crippen LogP contribution in [0.25, 0.3) is 0 Å². The largest absolute Gasteiger partial charge is 0.493 e. The second kappa shape index (κ2) is 11.4. The highest BCUT2D eigenvalue weighted by Gasteiger charge is 2.12. The van der Waals surface area contributed by atoms with Crippen LogP contribution in [-0.2, 0) is 6.42 Å². The first kappa shape index (κ1) is 22.7. The van der Waals surface area contributed by atoms with Gasteiger partial charge < -0.3 is 24.6 Å². The van der Waals surface area contributed by atoms with Gasteiger partial charge in [-0.25, -0.2) is 0 Å². The lowest BCUT2D eigenvalue weighted by Crippen LogP contribution is -2.35. The summed E-state index contributed by atoms with van der Waals surface area (Å²) in [7, 11) is 3.11. The van der Waals surface area contributed by atoms with Crippen molar-refractivity contribution < 1.29 is 24.1 Å². The van der Waals surface area contributed by atoms with Gasteiger partial charge in [0, 0.05) is 24.6 Å². The molecule has 2 aromatic rings. The minimum Gasteiger partial charge on any atom is -0.493 e. The van der Waals surface area contributed by atoms with Gasteiger partial charge in [-0.2, -0.15) is 0 Å². The number of Topliss-reactive ketones (excluding diaryl/α,β-unsaturated/α-hetero) is 1. The van der Waals surface area contributed by atoms with Crippen molar-refractivity contribution in [3.8, 4) is 17.2 Å². The van der Waals surface area contributed by atoms with Crippen LogP contribution in [0.2, 0.25) is 0 Å². The smallest absolute Gasteiger partial charge is 0.163 e. The Hall–Kier alpha value is -2.57. The van der Waals surface area contributed by atoms with Crippen molar-refractivity contribution in [2.75, 3.05) is 27.4 Å². The van der Waals surface area contributed by atoms with Crippen molar-refractivity contribution in [2.45, 2.75) is 38.8 Å². The van der Waals surface area contributed by atoms with Gasteiger partial charge in [0.2, 0.25) is 0 Å². The molecule has 2 N–H and O–H groups in total. The van der Waals surface area contributed by atoms with Crippen molar-refractivity contribution in [1.29, 1.82) is 0 Å². The molecular formula is C23H31NO5. The molecule has 2 aromatic carbocycles. The zero-order valence-corrected chi connectivity index (χ0v) is 17.6. The van der Waals surface area contributed by atoms with Crippen LogP contribution < -0.4 is 19.5 Å². The summed E-state index contributed by atoms with van der Waals surface area (Å²) in [6, 6.07) is 13.1. The van der Waals surface area contributed by atoms with Crippen LogP contribution in [0.3, 0.4) is 0 Å². The van der Waals surface area contributed by atoms with Crippen LogP contribution in [0.4, 0.5) is 0 Å². The lowest BCUT2D eigenvalue weighted by Gasteiger charge is -2.15. The number of aliphatic hydroxyl groups excluding tert-OH is 1. The van der Waals surface area contributed by atoms with Crippen LogP contribution in [0.1, 0.15) is 36.2 Å². The molecule has 2 rings (SSSR count). The maximum absolute atomic E-state index is 12.5. The quantitative estimate of drug-likeness (QED) is 0.532. The number of aliphatic hydroxyl groups is 1. The molecule has 0 heterocycles. The number of hydrogen-bond acceptors (Lipinski definition) is 6. The predicted octanol–water partition coefficient (Wildman–Crippen LogP) is 3.26. The summed E-state index contributed by atoms with van der Waals surface area (Å²) in [5.41, 5.74) is 1.60. The SMILES string of the molecule is COc1ccc(C(=O)CCc2cccc(OCC(O)CNC(C)C)c2)cc1OC. The molecule has 0 saturated heterocycles. The zero-order chi connectivity index (χ0) is 21.2. The molecule has 0 radical (unpaired) electrons. The van der Waals surface area contributed by atoms with E-state index in [1.54, 1.807) is 32.4 Å². The third-order valence-corrected chi connectivity index (χ3v) is 4.45. The Kier molecular flexibility index (Phi) is 8.96. The lowest BCUT2D eigenvalue weighted by molar-refractivity contribution is 0.0982. The average molecular weight is 402 g/mol. The molecule has 0 amide bonds. The molecule has 0 spiro atoms. The fraction of sp³-hybridized carbons (Fsp3) is 0.435. The van der Waals surface area contributed by atoms with E-state index in [-0.39, 0.29) is 12.4 Å². The van der Waals surface area contributed by atoms with E-state index in [9.17, 15) is 9.90 Å². The van der Waals surface area contributed by atoms with Crippen molar-refractivity contribution in [3.05, 3.63) is 53.6 Å². The Labute approximate surface area is 172 Å². The first-order valence-corrected chi connectivity index (χ1v) is 9.81. The lowest BCUT2D eigenvalue weighted by atomic mass is 10.0. The highest BCUT2D eigenvalue weighted by atomic mass is 16.5. The van der Waals surface area contributed by atoms with E-state index >= 15 is 0 Å². The van der Waals surface area contributed by atoms with Gasteiger partial charge in [0.05, 0.1) is 14.2 Å². The van der Waals surface area contributed by atoms with E-state index in [1.165, 1.54) is 0 Å². The van der Waals surface area contributed by atoms with Crippen LogP contribution in [0.15, 0.2) is 42.5 Å². The molecule has 0 bridgehead atoms. The summed E-state index contributed by atoms with van der Waals surface area (Å²) in [6.45, 7) is 4.76. The van der Waals surface area contributed by atoms with Gasteiger partial charge >= 0.3 is 0 Å². The molecule has 0 saturated carbocycles. The third kappa shape index (κ3) is 7.40. The Morgan fingerprint density at radius 2 is 1.83 bits per heavy atom. The Balaban J connectivity index is 1.89. The highest BCUT2D eigenvalue weighted by Crippen LogP contribution is 2.28. The van der Waals surface area contributed by atoms with Crippen LogP contribution in [0.5, 0.6) is 17.2 Å². The second-order valence-corrected chi connectivity index (χ2v) is 7.17. The number of ketones is 1. The van der Waals surface area contributed by atoms with E-state index in [2.05, 4.69) is 5.32 Å². The minimum absolute atomic E-state index is 0.0347. The van der Waals surface area contributed by atoms with Gasteiger partial charge in [-0.3, -0.25) is 4.79 Å². The number of ether oxygens (including phenoxy) is 3. The van der Waals surface area contributed by atoms with Gasteiger partial charge in [0.15, 0.2) is 17.3 Å². The van der Waals surface area contributed by atoms with Gasteiger partial charge in [-0.1, -0.05) is 26.0 Å². The number of rotatable bonds is 12. The van der Waals surface area contributed by atoms with E-state index in [1.807, 2.05) is 38.1 Å². The third-order valence-electron chi connectivity index (χ3n) is 4.45. The number of benzene rings is 2. The number of aryl methyl sites for hydroxylation is 1. The Morgan fingerprint density at radius 3 is 2.52 bits per heavy atom. The molecule has 6 nitrogen and oxygen atoms in total. The number of carbonyl (C=O) groups excluding carboxylic acids is 1. The molecule has 0 aromatic heterocycles. The van der Waals surface area contributed by atoms with Gasteiger partial charge in [-0.15, -0.1) is 0 Å². The highest BCUT2D eigenvalue weighted by molar-refractivity contribution is 5.96. The van der Waals surface area contributed by atoms with Crippen molar-refractivity contribution in [3.63, 3.8) is 0 Å². The first-order chi connectivity index (χ1) is 13.9. The molecule has 158 valence electrons. The average Bonchev–Trinajstić information content (AvgIpc) is 2.74. The standard InChI is InChI=1S/C23H31NO5/c1-16(2)24-14-19(25)15-29-20-7-5-6-17(12-20)8-10-21(26)18-9-11-22(27-3)23(13-18)28-4/h5-7,9,11-13,16,19,24-25H,8,10,14-15H2,1-4H3. The molecule has 1 atom stereocenters. The van der Waals surface area contributed by atoms with Crippen LogP contribution >= 0.6 is 0 Å². The maximum atomic E-state index is 12.5. The second-order valence-electron chi connectivity index (χ2n) is 7.17. The molecule has 1 unspecified atom stereocenters. The summed E-state index contributed by atoms with van der Waals surface area (Å²) in [5, 5.41) is 13.1. The minimum atomic E-state index is -0.576. The topological polar surface area (TPSA) is 77.0 Å². The molecule has 29 heavy (non-hydrogen) atoms. The van der Waals surface area contributed by atoms with E-state index in [0.717, 1.165) is 5.56 Å². The van der Waals surface area contributed by atoms with Gasteiger partial charge in [0.25, 0.3) is 0 Å². The predicted molar refractivity (Wildman–Crippen MR) is 113 cm³/mol. The first-order valence-electron chi connectivity index (χ1n) is 9.81. The summed E-state index contributed by atoms with van der Waals surface area (Å²) >= 11 is 0. The summed E-state index contributed by atoms with van der Waals surface area (Å²) < 4.78 is 16.2. The maximum Gasteiger partial charge on any atom is 0.163 e. The van der Waals surface area contributed by atoms with Crippen molar-refractivity contribution in [1.82, 2.24) is 5.32 Å². The number of methoxy groups -OCH3 is 2. The van der Waals surface area contributed by atoms with E-state index in [4.69, 9.17) is 14.2 Å². The molecule has 0 aliphatic carbocycles. The van der Waals surface area contributed by atoms with E-state index < -0.39 is 6.10 Å². The van der Waals surface area contributed by atoms with Crippen LogP contribution in [0, 0.1) is 0 Å². The number of nitrogens with one attached hydrogen (secondary N) is 1. The Bertz CT molecular complexity index is 791. The molecular weight excluding hydrogens is 370 g/mol. The number of carbonyl (C=O) groups is 1. The summed E-state index contributed by atoms with van der Waals surface area (Å²) in [6.07, 6.45) is 0.398. The van der Waals surface area contributed by atoms with Gasteiger partial charge in [0.1, 0.15) is 18.5 Å². The summed E-state index contributed by atoms with van der Waals surface area (Å²) in [4.78, 5) is 12.5. The zero-order valence-electron chi connectivity index (χ0n) is 17.6. The summed E-state index contributed by atoms with van der Waals surface area (Å²) in [5.74, 6) is 1.86. The van der Waals surface area contributed by atoms with Crippen molar-refractivity contribution >= 4 is 5.78 Å². The fourth-order valence-electron chi connectivity index (χ4n) is 2.83. The van der Waals surface area contributed by atoms with Gasteiger partial charge in [-0.05, 0) is 42.3 Å². The van der Waals surface area contributed by atoms with Crippen molar-refractivity contribution in [2.24, 2.45) is 0 Å². The van der Waals surface area contributed by atoms with E-state index in [0.29, 0.717) is 48.2 Å². The Morgan fingerprint density at radius 1 is 1.07 bits per heavy atom. The monoisotopic (exact) mass is 401 g/mol. The van der Waals surface area contributed by atoms with Crippen LogP contribution in [-0.4, -0.2) is 50.4 Å². The normalized spacial score (nSPS) is 11.9. The molecule has 0 fully saturated rings. The molecule has 6 heteroatoms. The number of hydrogen-bond donors (Lipinski definition) is 2. The molecule has 0 aliphatic heterocycles.